The van der Waals surface area contributed by atoms with Gasteiger partial charge in [0.2, 0.25) is 0 Å². The molecular weight excluding hydrogens is 288 g/mol. The van der Waals surface area contributed by atoms with Crippen LogP contribution in [0, 0.1) is 24.2 Å². The van der Waals surface area contributed by atoms with E-state index in [1.807, 2.05) is 0 Å². The molecule has 1 atom stereocenters. The Morgan fingerprint density at radius 2 is 2.17 bits per heavy atom. The number of nitrogens with zero attached hydrogens (tertiary/aromatic N) is 2. The first-order chi connectivity index (χ1) is 8.44. The van der Waals surface area contributed by atoms with Gasteiger partial charge in [-0.2, -0.15) is 5.26 Å². The highest BCUT2D eigenvalue weighted by molar-refractivity contribution is 9.10. The molecule has 2 rings (SSSR count). The maximum Gasteiger partial charge on any atom is 0.0657 e. The lowest BCUT2D eigenvalue weighted by molar-refractivity contribution is 0.315. The maximum atomic E-state index is 9.08. The van der Waals surface area contributed by atoms with Gasteiger partial charge in [-0.25, -0.2) is 0 Å². The van der Waals surface area contributed by atoms with E-state index >= 15 is 0 Å². The fourth-order valence-electron chi connectivity index (χ4n) is 2.74. The van der Waals surface area contributed by atoms with E-state index in [1.165, 1.54) is 11.3 Å². The SMILES string of the molecule is Cc1ccc(N2CCC(C#N)CC2(C)C)cc1Br. The van der Waals surface area contributed by atoms with E-state index < -0.39 is 0 Å². The molecule has 1 aromatic rings. The zero-order valence-corrected chi connectivity index (χ0v) is 12.8. The van der Waals surface area contributed by atoms with Gasteiger partial charge in [0.15, 0.2) is 0 Å². The van der Waals surface area contributed by atoms with Gasteiger partial charge in [0.05, 0.1) is 12.0 Å². The molecule has 18 heavy (non-hydrogen) atoms. The second kappa shape index (κ2) is 4.93. The lowest BCUT2D eigenvalue weighted by Gasteiger charge is -2.46. The molecule has 1 saturated heterocycles. The molecule has 1 unspecified atom stereocenters. The average Bonchev–Trinajstić information content (AvgIpc) is 2.31. The summed E-state index contributed by atoms with van der Waals surface area (Å²) in [5.41, 5.74) is 2.55. The summed E-state index contributed by atoms with van der Waals surface area (Å²) in [6.45, 7) is 7.51. The van der Waals surface area contributed by atoms with E-state index in [-0.39, 0.29) is 11.5 Å². The van der Waals surface area contributed by atoms with E-state index in [0.29, 0.717) is 0 Å². The third-order valence-corrected chi connectivity index (χ3v) is 4.68. The largest absolute Gasteiger partial charge is 0.366 e. The molecule has 3 heteroatoms. The topological polar surface area (TPSA) is 27.0 Å². The Morgan fingerprint density at radius 1 is 1.44 bits per heavy atom. The van der Waals surface area contributed by atoms with E-state index in [2.05, 4.69) is 65.9 Å². The smallest absolute Gasteiger partial charge is 0.0657 e. The minimum atomic E-state index is 0.0490. The van der Waals surface area contributed by atoms with Crippen molar-refractivity contribution in [1.82, 2.24) is 0 Å². The fraction of sp³-hybridized carbons (Fsp3) is 0.533. The van der Waals surface area contributed by atoms with Gasteiger partial charge < -0.3 is 4.90 Å². The second-order valence-electron chi connectivity index (χ2n) is 5.72. The number of nitriles is 1. The predicted molar refractivity (Wildman–Crippen MR) is 78.6 cm³/mol. The Hall–Kier alpha value is -1.01. The van der Waals surface area contributed by atoms with Gasteiger partial charge in [-0.1, -0.05) is 22.0 Å². The summed E-state index contributed by atoms with van der Waals surface area (Å²) < 4.78 is 1.15. The van der Waals surface area contributed by atoms with E-state index in [1.54, 1.807) is 0 Å². The van der Waals surface area contributed by atoms with Crippen molar-refractivity contribution in [2.45, 2.75) is 39.2 Å². The Bertz CT molecular complexity index is 488. The van der Waals surface area contributed by atoms with Crippen LogP contribution in [0.15, 0.2) is 22.7 Å². The number of piperidine rings is 1. The van der Waals surface area contributed by atoms with Crippen molar-refractivity contribution in [3.05, 3.63) is 28.2 Å². The van der Waals surface area contributed by atoms with Gasteiger partial charge in [0.1, 0.15) is 0 Å². The van der Waals surface area contributed by atoms with Crippen LogP contribution in [0.1, 0.15) is 32.3 Å². The van der Waals surface area contributed by atoms with Crippen molar-refractivity contribution in [3.8, 4) is 6.07 Å². The minimum Gasteiger partial charge on any atom is -0.366 e. The zero-order valence-electron chi connectivity index (χ0n) is 11.2. The number of hydrogen-bond acceptors (Lipinski definition) is 2. The summed E-state index contributed by atoms with van der Waals surface area (Å²) in [4.78, 5) is 2.42. The first-order valence-corrected chi connectivity index (χ1v) is 7.17. The molecule has 0 bridgehead atoms. The molecule has 1 aliphatic heterocycles. The van der Waals surface area contributed by atoms with E-state index in [9.17, 15) is 0 Å². The molecule has 96 valence electrons. The second-order valence-corrected chi connectivity index (χ2v) is 6.57. The van der Waals surface area contributed by atoms with E-state index in [4.69, 9.17) is 5.26 Å². The van der Waals surface area contributed by atoms with Crippen molar-refractivity contribution >= 4 is 21.6 Å². The van der Waals surface area contributed by atoms with Crippen LogP contribution in [0.25, 0.3) is 0 Å². The Balaban J connectivity index is 2.28. The molecule has 1 heterocycles. The third-order valence-electron chi connectivity index (χ3n) is 3.83. The molecule has 0 saturated carbocycles. The number of aryl methyl sites for hydroxylation is 1. The molecule has 0 amide bonds. The van der Waals surface area contributed by atoms with Gasteiger partial charge in [0.25, 0.3) is 0 Å². The average molecular weight is 307 g/mol. The summed E-state index contributed by atoms with van der Waals surface area (Å²) in [5, 5.41) is 9.08. The molecule has 0 aliphatic carbocycles. The summed E-state index contributed by atoms with van der Waals surface area (Å²) in [6, 6.07) is 8.92. The number of anilines is 1. The van der Waals surface area contributed by atoms with Crippen LogP contribution in [-0.4, -0.2) is 12.1 Å². The van der Waals surface area contributed by atoms with Crippen LogP contribution in [-0.2, 0) is 0 Å². The maximum absolute atomic E-state index is 9.08. The van der Waals surface area contributed by atoms with Crippen LogP contribution in [0.5, 0.6) is 0 Å². The summed E-state index contributed by atoms with van der Waals surface area (Å²) in [5.74, 6) is 0.199. The third kappa shape index (κ3) is 2.54. The van der Waals surface area contributed by atoms with Gasteiger partial charge >= 0.3 is 0 Å². The highest BCUT2D eigenvalue weighted by Crippen LogP contribution is 2.36. The zero-order chi connectivity index (χ0) is 13.3. The highest BCUT2D eigenvalue weighted by atomic mass is 79.9. The number of halogens is 1. The molecule has 0 aromatic heterocycles. The minimum absolute atomic E-state index is 0.0490. The quantitative estimate of drug-likeness (QED) is 0.774. The standard InChI is InChI=1S/C15H19BrN2/c1-11-4-5-13(8-14(11)16)18-7-6-12(10-17)9-15(18,2)3/h4-5,8,12H,6-7,9H2,1-3H3. The summed E-state index contributed by atoms with van der Waals surface area (Å²) >= 11 is 3.60. The molecule has 1 aromatic carbocycles. The normalized spacial score (nSPS) is 22.6. The van der Waals surface area contributed by atoms with Crippen LogP contribution in [0.2, 0.25) is 0 Å². The van der Waals surface area contributed by atoms with Crippen molar-refractivity contribution in [2.24, 2.45) is 5.92 Å². The predicted octanol–water partition coefficient (Wildman–Crippen LogP) is 4.28. The molecule has 2 nitrogen and oxygen atoms in total. The van der Waals surface area contributed by atoms with Crippen LogP contribution >= 0.6 is 15.9 Å². The fourth-order valence-corrected chi connectivity index (χ4v) is 3.11. The van der Waals surface area contributed by atoms with Gasteiger partial charge in [-0.15, -0.1) is 0 Å². The molecule has 0 N–H and O–H groups in total. The first kappa shape index (κ1) is 13.4. The van der Waals surface area contributed by atoms with Crippen LogP contribution in [0.4, 0.5) is 5.69 Å². The van der Waals surface area contributed by atoms with E-state index in [0.717, 1.165) is 23.9 Å². The van der Waals surface area contributed by atoms with Gasteiger partial charge in [0, 0.05) is 22.2 Å². The monoisotopic (exact) mass is 306 g/mol. The highest BCUT2D eigenvalue weighted by Gasteiger charge is 2.34. The molecule has 1 aliphatic rings. The Kier molecular flexibility index (Phi) is 3.68. The molecular formula is C15H19BrN2. The number of hydrogen-bond donors (Lipinski definition) is 0. The Labute approximate surface area is 118 Å². The summed E-state index contributed by atoms with van der Waals surface area (Å²) in [6.07, 6.45) is 1.90. The van der Waals surface area contributed by atoms with Crippen molar-refractivity contribution in [1.29, 1.82) is 5.26 Å². The summed E-state index contributed by atoms with van der Waals surface area (Å²) in [7, 11) is 0. The first-order valence-electron chi connectivity index (χ1n) is 6.37. The van der Waals surface area contributed by atoms with Crippen LogP contribution < -0.4 is 4.90 Å². The van der Waals surface area contributed by atoms with Crippen molar-refractivity contribution < 1.29 is 0 Å². The van der Waals surface area contributed by atoms with Gasteiger partial charge in [-0.05, 0) is 51.3 Å². The molecule has 0 radical (unpaired) electrons. The van der Waals surface area contributed by atoms with Gasteiger partial charge in [-0.3, -0.25) is 0 Å². The lowest BCUT2D eigenvalue weighted by atomic mass is 9.83. The number of rotatable bonds is 1. The van der Waals surface area contributed by atoms with Crippen molar-refractivity contribution in [3.63, 3.8) is 0 Å². The lowest BCUT2D eigenvalue weighted by Crippen LogP contribution is -2.50. The Morgan fingerprint density at radius 3 is 2.72 bits per heavy atom. The number of benzene rings is 1. The molecule has 1 fully saturated rings. The van der Waals surface area contributed by atoms with Crippen molar-refractivity contribution in [2.75, 3.05) is 11.4 Å². The van der Waals surface area contributed by atoms with Crippen LogP contribution in [0.3, 0.4) is 0 Å². The molecule has 0 spiro atoms.